The van der Waals surface area contributed by atoms with Gasteiger partial charge in [0, 0.05) is 7.05 Å². The van der Waals surface area contributed by atoms with Crippen LogP contribution in [0.5, 0.6) is 0 Å². The van der Waals surface area contributed by atoms with Gasteiger partial charge >= 0.3 is 0 Å². The number of hydrogen-bond acceptors (Lipinski definition) is 6. The van der Waals surface area contributed by atoms with Crippen molar-refractivity contribution in [3.63, 3.8) is 0 Å². The van der Waals surface area contributed by atoms with Crippen LogP contribution in [0, 0.1) is 0 Å². The van der Waals surface area contributed by atoms with E-state index in [1.165, 1.54) is 24.7 Å². The van der Waals surface area contributed by atoms with Gasteiger partial charge in [-0.2, -0.15) is 0 Å². The Bertz CT molecular complexity index is 335. The van der Waals surface area contributed by atoms with Gasteiger partial charge in [-0.15, -0.1) is 0 Å². The van der Waals surface area contributed by atoms with Crippen molar-refractivity contribution in [3.8, 4) is 0 Å². The Hall–Kier alpha value is -1.43. The lowest BCUT2D eigenvalue weighted by atomic mass is 10.3. The molecule has 1 aromatic rings. The van der Waals surface area contributed by atoms with Crippen LogP contribution in [0.3, 0.4) is 0 Å². The van der Waals surface area contributed by atoms with Crippen molar-refractivity contribution in [2.24, 2.45) is 5.16 Å². The number of carbonyl (C=O) groups excluding carboxylic acids is 1. The van der Waals surface area contributed by atoms with Gasteiger partial charge < -0.3 is 10.2 Å². The van der Waals surface area contributed by atoms with Crippen molar-refractivity contribution in [2.75, 3.05) is 19.5 Å². The van der Waals surface area contributed by atoms with Crippen LogP contribution in [0.2, 0.25) is 0 Å². The van der Waals surface area contributed by atoms with Crippen LogP contribution in [0.25, 0.3) is 0 Å². The number of oxime groups is 1. The maximum atomic E-state index is 11.4. The molecule has 0 aliphatic rings. The van der Waals surface area contributed by atoms with Gasteiger partial charge in [-0.3, -0.25) is 4.79 Å². The van der Waals surface area contributed by atoms with E-state index < -0.39 is 0 Å². The number of aromatic nitrogens is 1. The van der Waals surface area contributed by atoms with Gasteiger partial charge in [0.1, 0.15) is 7.11 Å². The first kappa shape index (κ1) is 10.6. The van der Waals surface area contributed by atoms with Crippen LogP contribution in [-0.2, 0) is 4.84 Å². The number of ketones is 1. The molecule has 1 aromatic heterocycles. The predicted molar refractivity (Wildman–Crippen MR) is 56.1 cm³/mol. The van der Waals surface area contributed by atoms with Crippen LogP contribution < -0.4 is 5.32 Å². The van der Waals surface area contributed by atoms with Gasteiger partial charge in [0.15, 0.2) is 10.9 Å². The summed E-state index contributed by atoms with van der Waals surface area (Å²) >= 11 is 1.32. The third-order valence-corrected chi connectivity index (χ3v) is 2.51. The van der Waals surface area contributed by atoms with Gasteiger partial charge in [-0.1, -0.05) is 16.5 Å². The second-order valence-electron chi connectivity index (χ2n) is 2.38. The first-order chi connectivity index (χ1) is 6.77. The summed E-state index contributed by atoms with van der Waals surface area (Å²) in [6.45, 7) is 0. The molecule has 0 unspecified atom stereocenters. The average molecular weight is 213 g/mol. The number of nitrogens with one attached hydrogen (secondary N) is 1. The molecule has 0 aromatic carbocycles. The fourth-order valence-electron chi connectivity index (χ4n) is 0.814. The van der Waals surface area contributed by atoms with E-state index in [1.807, 2.05) is 0 Å². The number of anilines is 1. The summed E-state index contributed by atoms with van der Waals surface area (Å²) in [6, 6.07) is 0. The molecule has 0 saturated carbocycles. The van der Waals surface area contributed by atoms with Crippen molar-refractivity contribution < 1.29 is 9.63 Å². The highest BCUT2D eigenvalue weighted by Crippen LogP contribution is 2.18. The second kappa shape index (κ2) is 5.33. The highest BCUT2D eigenvalue weighted by molar-refractivity contribution is 7.17. The molecule has 0 aliphatic heterocycles. The van der Waals surface area contributed by atoms with E-state index in [4.69, 9.17) is 0 Å². The Morgan fingerprint density at radius 3 is 3.21 bits per heavy atom. The van der Waals surface area contributed by atoms with Crippen molar-refractivity contribution in [3.05, 3.63) is 11.1 Å². The van der Waals surface area contributed by atoms with Gasteiger partial charge in [-0.05, 0) is 0 Å². The summed E-state index contributed by atoms with van der Waals surface area (Å²) in [5.41, 5.74) is 0. The van der Waals surface area contributed by atoms with Crippen molar-refractivity contribution in [1.82, 2.24) is 4.98 Å². The normalized spacial score (nSPS) is 10.4. The number of hydrogen-bond donors (Lipinski definition) is 1. The van der Waals surface area contributed by atoms with E-state index in [1.54, 1.807) is 13.2 Å². The molecule has 0 radical (unpaired) electrons. The second-order valence-corrected chi connectivity index (χ2v) is 3.41. The molecule has 0 spiro atoms. The third-order valence-electron chi connectivity index (χ3n) is 1.45. The lowest BCUT2D eigenvalue weighted by Gasteiger charge is -1.90. The van der Waals surface area contributed by atoms with Gasteiger partial charge in [0.2, 0.25) is 0 Å². The Kier molecular flexibility index (Phi) is 4.06. The SMILES string of the molecule is CNc1ncc(C(=O)C/C=N/OC)s1. The molecule has 76 valence electrons. The smallest absolute Gasteiger partial charge is 0.183 e. The zero-order valence-corrected chi connectivity index (χ0v) is 8.80. The molecule has 0 atom stereocenters. The van der Waals surface area contributed by atoms with Crippen LogP contribution >= 0.6 is 11.3 Å². The molecule has 1 heterocycles. The lowest BCUT2D eigenvalue weighted by molar-refractivity contribution is 0.100. The highest BCUT2D eigenvalue weighted by atomic mass is 32.1. The molecule has 0 aliphatic carbocycles. The zero-order valence-electron chi connectivity index (χ0n) is 7.98. The summed E-state index contributed by atoms with van der Waals surface area (Å²) in [5.74, 6) is -0.00944. The summed E-state index contributed by atoms with van der Waals surface area (Å²) in [7, 11) is 3.20. The molecule has 1 rings (SSSR count). The average Bonchev–Trinajstić information content (AvgIpc) is 2.66. The Balaban J connectivity index is 2.56. The van der Waals surface area contributed by atoms with Crippen molar-refractivity contribution in [2.45, 2.75) is 6.42 Å². The summed E-state index contributed by atoms with van der Waals surface area (Å²) in [5, 5.41) is 7.09. The first-order valence-corrected chi connectivity index (χ1v) is 4.81. The molecule has 0 bridgehead atoms. The van der Waals surface area contributed by atoms with Crippen LogP contribution in [-0.4, -0.2) is 31.1 Å². The molecule has 6 heteroatoms. The fraction of sp³-hybridized carbons (Fsp3) is 0.375. The molecule has 1 N–H and O–H groups in total. The standard InChI is InChI=1S/C8H11N3O2S/c1-9-8-10-5-7(14-8)6(12)3-4-11-13-2/h4-5H,3H2,1-2H3,(H,9,10)/b11-4+. The van der Waals surface area contributed by atoms with Gasteiger partial charge in [0.25, 0.3) is 0 Å². The molecular formula is C8H11N3O2S. The fourth-order valence-corrected chi connectivity index (χ4v) is 1.53. The molecule has 0 amide bonds. The van der Waals surface area contributed by atoms with Crippen LogP contribution in [0.4, 0.5) is 5.13 Å². The molecule has 5 nitrogen and oxygen atoms in total. The summed E-state index contributed by atoms with van der Waals surface area (Å²) < 4.78 is 0. The maximum absolute atomic E-state index is 11.4. The zero-order chi connectivity index (χ0) is 10.4. The van der Waals surface area contributed by atoms with Crippen LogP contribution in [0.15, 0.2) is 11.4 Å². The number of Topliss-reactive ketones (excluding diaryl/α,β-unsaturated/α-hetero) is 1. The predicted octanol–water partition coefficient (Wildman–Crippen LogP) is 1.39. The topological polar surface area (TPSA) is 63.6 Å². The number of rotatable bonds is 5. The summed E-state index contributed by atoms with van der Waals surface area (Å²) in [6.07, 6.45) is 3.22. The van der Waals surface area contributed by atoms with E-state index in [9.17, 15) is 4.79 Å². The summed E-state index contributed by atoms with van der Waals surface area (Å²) in [4.78, 5) is 20.5. The quantitative estimate of drug-likeness (QED) is 0.456. The third kappa shape index (κ3) is 2.81. The number of carbonyl (C=O) groups is 1. The van der Waals surface area contributed by atoms with Crippen molar-refractivity contribution >= 4 is 28.5 Å². The van der Waals surface area contributed by atoms with E-state index in [2.05, 4.69) is 20.3 Å². The minimum atomic E-state index is -0.00944. The first-order valence-electron chi connectivity index (χ1n) is 3.99. The lowest BCUT2D eigenvalue weighted by Crippen LogP contribution is -1.96. The minimum Gasteiger partial charge on any atom is -0.399 e. The highest BCUT2D eigenvalue weighted by Gasteiger charge is 2.08. The Labute approximate surface area is 85.8 Å². The Morgan fingerprint density at radius 2 is 2.64 bits per heavy atom. The molecule has 0 fully saturated rings. The van der Waals surface area contributed by atoms with Gasteiger partial charge in [0.05, 0.1) is 23.7 Å². The van der Waals surface area contributed by atoms with Crippen molar-refractivity contribution in [1.29, 1.82) is 0 Å². The maximum Gasteiger partial charge on any atom is 0.183 e. The van der Waals surface area contributed by atoms with E-state index >= 15 is 0 Å². The van der Waals surface area contributed by atoms with Crippen LogP contribution in [0.1, 0.15) is 16.1 Å². The molecule has 0 saturated heterocycles. The van der Waals surface area contributed by atoms with E-state index in [0.717, 1.165) is 5.13 Å². The van der Waals surface area contributed by atoms with E-state index in [-0.39, 0.29) is 12.2 Å². The monoisotopic (exact) mass is 213 g/mol. The Morgan fingerprint density at radius 1 is 1.86 bits per heavy atom. The minimum absolute atomic E-state index is 0.00944. The molecule has 14 heavy (non-hydrogen) atoms. The number of thiazole rings is 1. The molecular weight excluding hydrogens is 202 g/mol. The van der Waals surface area contributed by atoms with E-state index in [0.29, 0.717) is 4.88 Å². The number of nitrogens with zero attached hydrogens (tertiary/aromatic N) is 2. The largest absolute Gasteiger partial charge is 0.399 e. The van der Waals surface area contributed by atoms with Gasteiger partial charge in [-0.25, -0.2) is 4.98 Å².